The SMILES string of the molecule is CN1OC2(CC(C3CCCc4ccccc43)Oc3ccc(-c4cc(F)cc(Cl)c4)cc32)N=C1N.CN1OC2(CC(C3CCCc4ccccc43)Oc3ccc(Br)cc32)N=C1N.OB(O)c1cc(F)cc(Cl)c1. The predicted molar refractivity (Wildman–Crippen MR) is 279 cm³/mol. The van der Waals surface area contributed by atoms with Gasteiger partial charge in [0, 0.05) is 53.3 Å². The molecule has 4 aliphatic heterocycles. The monoisotopic (exact) mass is 1080 g/mol. The minimum Gasteiger partial charge on any atom is -0.489 e. The van der Waals surface area contributed by atoms with Crippen LogP contribution in [0, 0.1) is 11.6 Å². The van der Waals surface area contributed by atoms with Gasteiger partial charge < -0.3 is 31.0 Å². The number of hydrogen-bond acceptors (Lipinski definition) is 12. The van der Waals surface area contributed by atoms with Crippen LogP contribution in [0.25, 0.3) is 11.1 Å². The van der Waals surface area contributed by atoms with Crippen molar-refractivity contribution in [3.05, 3.63) is 181 Å². The van der Waals surface area contributed by atoms with Gasteiger partial charge >= 0.3 is 7.12 Å². The molecule has 0 radical (unpaired) electrons. The highest BCUT2D eigenvalue weighted by atomic mass is 79.9. The van der Waals surface area contributed by atoms with Crippen molar-refractivity contribution < 1.29 is 38.0 Å². The van der Waals surface area contributed by atoms with E-state index < -0.39 is 24.4 Å². The molecule has 0 aromatic heterocycles. The van der Waals surface area contributed by atoms with Gasteiger partial charge in [-0.25, -0.2) is 38.6 Å². The van der Waals surface area contributed by atoms with Crippen LogP contribution in [0.1, 0.15) is 83.7 Å². The van der Waals surface area contributed by atoms with Crippen molar-refractivity contribution in [1.82, 2.24) is 10.1 Å². The number of benzene rings is 6. The molecule has 6 aromatic rings. The number of aryl methyl sites for hydroxylation is 2. The van der Waals surface area contributed by atoms with Crippen molar-refractivity contribution in [3.63, 3.8) is 0 Å². The van der Waals surface area contributed by atoms with E-state index in [4.69, 9.17) is 73.9 Å². The number of ether oxygens (including phenoxy) is 2. The van der Waals surface area contributed by atoms with Crippen LogP contribution >= 0.6 is 39.1 Å². The summed E-state index contributed by atoms with van der Waals surface area (Å²) < 4.78 is 40.6. The van der Waals surface area contributed by atoms with E-state index in [0.29, 0.717) is 47.0 Å². The van der Waals surface area contributed by atoms with Gasteiger partial charge in [0.25, 0.3) is 0 Å². The summed E-state index contributed by atoms with van der Waals surface area (Å²) in [5.41, 5.74) is 19.2. The average molecular weight is 1080 g/mol. The van der Waals surface area contributed by atoms with Crippen molar-refractivity contribution >= 4 is 63.6 Å². The highest BCUT2D eigenvalue weighted by Crippen LogP contribution is 2.53. The summed E-state index contributed by atoms with van der Waals surface area (Å²) in [7, 11) is 1.87. The highest BCUT2D eigenvalue weighted by Gasteiger charge is 2.52. The molecule has 372 valence electrons. The standard InChI is InChI=1S/C27H25ClFN3O2.C21H22BrN3O2.C6H5BClFO2/c1-32-26(30)31-27(34-32)15-25(22-8-4-6-16-5-2-3-7-21(16)22)33-24-10-9-17(13-23(24)27)18-11-19(28)14-20(29)12-18;1-25-20(23)24-21(27-25)12-19(26-18-10-9-14(22)11-17(18)21)16-8-4-6-13-5-2-3-7-15(13)16;8-5-1-4(7(10)11)2-6(9)3-5/h2-3,5,7,9-14,22,25H,4,6,8,15H2,1H3,(H2,30,31);2-3,5,7,9-11,16,19H,4,6,8,12H2,1H3,(H2,23,24);1-3,10-11H. The van der Waals surface area contributed by atoms with E-state index in [-0.39, 0.29) is 34.4 Å². The van der Waals surface area contributed by atoms with Crippen molar-refractivity contribution in [2.24, 2.45) is 21.5 Å². The number of nitrogens with zero attached hydrogens (tertiary/aromatic N) is 4. The Hall–Kier alpha value is -5.72. The average Bonchev–Trinajstić information content (AvgIpc) is 3.81. The van der Waals surface area contributed by atoms with Crippen molar-refractivity contribution in [2.75, 3.05) is 14.1 Å². The molecule has 72 heavy (non-hydrogen) atoms. The molecule has 0 saturated carbocycles. The number of rotatable bonds is 4. The Morgan fingerprint density at radius 1 is 0.639 bits per heavy atom. The second kappa shape index (κ2) is 20.3. The van der Waals surface area contributed by atoms with Crippen LogP contribution in [0.4, 0.5) is 8.78 Å². The number of nitrogens with two attached hydrogens (primary N) is 2. The topological polar surface area (TPSA) is 161 Å². The number of halogens is 5. The van der Waals surface area contributed by atoms with E-state index in [9.17, 15) is 8.78 Å². The van der Waals surface area contributed by atoms with Gasteiger partial charge in [0.05, 0.1) is 11.1 Å². The fourth-order valence-electron chi connectivity index (χ4n) is 10.9. The van der Waals surface area contributed by atoms with Crippen LogP contribution in [0.15, 0.2) is 136 Å². The van der Waals surface area contributed by atoms with Crippen LogP contribution in [-0.4, -0.2) is 65.5 Å². The molecular weight excluding hydrogens is 1030 g/mol. The second-order valence-corrected chi connectivity index (χ2v) is 20.7. The molecule has 2 spiro atoms. The molecule has 6 aliphatic rings. The molecule has 6 aromatic carbocycles. The van der Waals surface area contributed by atoms with Crippen molar-refractivity contribution in [2.45, 2.75) is 86.9 Å². The fraction of sp³-hybridized carbons (Fsp3) is 0.296. The van der Waals surface area contributed by atoms with E-state index in [1.807, 2.05) is 36.4 Å². The molecule has 6 atom stereocenters. The first-order chi connectivity index (χ1) is 34.6. The molecule has 0 bridgehead atoms. The van der Waals surface area contributed by atoms with Crippen LogP contribution in [0.5, 0.6) is 11.5 Å². The molecule has 4 heterocycles. The zero-order chi connectivity index (χ0) is 50.5. The molecule has 2 aliphatic carbocycles. The lowest BCUT2D eigenvalue weighted by Gasteiger charge is -2.41. The Bertz CT molecular complexity index is 3060. The summed E-state index contributed by atoms with van der Waals surface area (Å²) in [5, 5.41) is 20.8. The second-order valence-electron chi connectivity index (χ2n) is 18.9. The number of hydroxylamine groups is 4. The molecule has 6 unspecified atom stereocenters. The summed E-state index contributed by atoms with van der Waals surface area (Å²) in [4.78, 5) is 22.0. The third-order valence-corrected chi connectivity index (χ3v) is 15.1. The van der Waals surface area contributed by atoms with Gasteiger partial charge in [-0.3, -0.25) is 0 Å². The molecule has 18 heteroatoms. The third-order valence-electron chi connectivity index (χ3n) is 14.2. The number of fused-ring (bicyclic) bond motifs is 6. The summed E-state index contributed by atoms with van der Waals surface area (Å²) in [5.74, 6) is 1.83. The first-order valence-electron chi connectivity index (χ1n) is 23.9. The Morgan fingerprint density at radius 3 is 1.64 bits per heavy atom. The quantitative estimate of drug-likeness (QED) is 0.125. The Morgan fingerprint density at radius 2 is 1.14 bits per heavy atom. The summed E-state index contributed by atoms with van der Waals surface area (Å²) in [6, 6.07) is 37.0. The summed E-state index contributed by atoms with van der Waals surface area (Å²) in [6.45, 7) is 0. The van der Waals surface area contributed by atoms with E-state index in [0.717, 1.165) is 71.1 Å². The van der Waals surface area contributed by atoms with E-state index in [2.05, 4.69) is 64.5 Å². The highest BCUT2D eigenvalue weighted by molar-refractivity contribution is 9.10. The summed E-state index contributed by atoms with van der Waals surface area (Å²) in [6.07, 6.45) is 7.71. The number of guanidine groups is 2. The largest absolute Gasteiger partial charge is 0.489 e. The number of aliphatic imine (C=N–C) groups is 2. The van der Waals surface area contributed by atoms with Gasteiger partial charge in [0.2, 0.25) is 23.4 Å². The zero-order valence-corrected chi connectivity index (χ0v) is 42.5. The van der Waals surface area contributed by atoms with Crippen molar-refractivity contribution in [3.8, 4) is 22.6 Å². The third kappa shape index (κ3) is 10.0. The lowest BCUT2D eigenvalue weighted by atomic mass is 9.76. The minimum atomic E-state index is -1.68. The first-order valence-corrected chi connectivity index (χ1v) is 25.4. The molecule has 12 nitrogen and oxygen atoms in total. The Labute approximate surface area is 435 Å². The van der Waals surface area contributed by atoms with E-state index >= 15 is 0 Å². The van der Waals surface area contributed by atoms with Gasteiger partial charge in [0.1, 0.15) is 35.3 Å². The zero-order valence-electron chi connectivity index (χ0n) is 39.5. The lowest BCUT2D eigenvalue weighted by Crippen LogP contribution is -2.42. The summed E-state index contributed by atoms with van der Waals surface area (Å²) >= 11 is 15.1. The number of hydrogen-bond donors (Lipinski definition) is 4. The molecule has 0 fully saturated rings. The normalized spacial score (nSPS) is 24.5. The maximum atomic E-state index is 14.0. The van der Waals surface area contributed by atoms with Crippen LogP contribution in [0.3, 0.4) is 0 Å². The van der Waals surface area contributed by atoms with Crippen LogP contribution < -0.4 is 26.4 Å². The minimum absolute atomic E-state index is 0.0109. The maximum absolute atomic E-state index is 14.0. The van der Waals surface area contributed by atoms with Crippen molar-refractivity contribution in [1.29, 1.82) is 0 Å². The van der Waals surface area contributed by atoms with E-state index in [1.165, 1.54) is 51.9 Å². The molecule has 6 N–H and O–H groups in total. The molecule has 0 amide bonds. The Kier molecular flexibility index (Phi) is 14.1. The first kappa shape index (κ1) is 49.8. The molecule has 0 saturated heterocycles. The van der Waals surface area contributed by atoms with Crippen LogP contribution in [0.2, 0.25) is 10.0 Å². The lowest BCUT2D eigenvalue weighted by molar-refractivity contribution is -0.192. The van der Waals surface area contributed by atoms with Gasteiger partial charge in [-0.05, 0) is 144 Å². The van der Waals surface area contributed by atoms with Gasteiger partial charge in [-0.15, -0.1) is 0 Å². The predicted octanol–water partition coefficient (Wildman–Crippen LogP) is 9.99. The molecular formula is C54H52BBrCl2F2N6O6. The van der Waals surface area contributed by atoms with Gasteiger partial charge in [-0.2, -0.15) is 0 Å². The fourth-order valence-corrected chi connectivity index (χ4v) is 11.7. The molecule has 12 rings (SSSR count). The maximum Gasteiger partial charge on any atom is 0.488 e. The smallest absolute Gasteiger partial charge is 0.488 e. The van der Waals surface area contributed by atoms with Crippen LogP contribution in [-0.2, 0) is 34.0 Å². The van der Waals surface area contributed by atoms with Gasteiger partial charge in [0.15, 0.2) is 0 Å². The van der Waals surface area contributed by atoms with Gasteiger partial charge in [-0.1, -0.05) is 93.7 Å². The van der Waals surface area contributed by atoms with E-state index in [1.54, 1.807) is 25.2 Å². The Balaban J connectivity index is 0.000000140.